The van der Waals surface area contributed by atoms with Crippen LogP contribution in [-0.2, 0) is 0 Å². The fourth-order valence-electron chi connectivity index (χ4n) is 12.8. The standard InChI is InChI=1S/C35H25N3O4.C27H21N3O6.C25H19N3O5.C25H21N3O4/c1-24(39)25-12-18-30(19-13-25)40-33-36-34(41-31-20-14-28(15-21-31)26-8-4-2-5-9-26)38-35(37-33)42-32-22-16-29(17-23-32)27-10-6-3-7-11-27;1-16(31)19-4-10-22(11-5-19)34-25-28-26(35-23-12-6-20(7-13-23)17(2)32)30-27(29-25)36-24-14-8-21(9-15-24)18(3)33;1-16(29)18-8-12-21(13-9-18)32-24-26-23(31-20-6-4-3-5-7-20)27-25(28-24)33-22-14-10-19(11-15-22)17(2)30;1-16-4-10-20(11-5-16)30-23-26-24(31-21-12-6-17(2)7-13-21)28-25(27-23)32-22-14-8-19(9-15-22)18(3)29/h2-23H,1H3;4-15H,1-3H3;3-15H,1-2H3;4-15H,1-3H3. The van der Waals surface area contributed by atoms with Crippen LogP contribution in [0.1, 0.15) is 132 Å². The van der Waals surface area contributed by atoms with Gasteiger partial charge in [-0.1, -0.05) is 139 Å². The van der Waals surface area contributed by atoms with Gasteiger partial charge in [0.2, 0.25) is 0 Å². The second kappa shape index (κ2) is 47.3. The van der Waals surface area contributed by atoms with Crippen molar-refractivity contribution in [2.75, 3.05) is 0 Å². The Bertz CT molecular complexity index is 7050. The zero-order valence-electron chi connectivity index (χ0n) is 78.2. The lowest BCUT2D eigenvalue weighted by Gasteiger charge is -2.10. The van der Waals surface area contributed by atoms with E-state index in [4.69, 9.17) is 56.8 Å². The molecule has 18 aromatic rings. The first kappa shape index (κ1) is 97.9. The molecule has 0 N–H and O–H groups in total. The first-order valence-corrected chi connectivity index (χ1v) is 44.2. The number of benzene rings is 14. The van der Waals surface area contributed by atoms with Gasteiger partial charge in [-0.05, 0) is 315 Å². The molecule has 0 aliphatic heterocycles. The number of carbonyl (C=O) groups is 7. The Labute approximate surface area is 819 Å². The molecule has 0 saturated heterocycles. The van der Waals surface area contributed by atoms with Crippen molar-refractivity contribution in [2.24, 2.45) is 0 Å². The van der Waals surface area contributed by atoms with E-state index < -0.39 is 0 Å². The van der Waals surface area contributed by atoms with E-state index in [1.807, 2.05) is 190 Å². The van der Waals surface area contributed by atoms with Gasteiger partial charge in [-0.2, -0.15) is 0 Å². The Morgan fingerprint density at radius 1 is 0.140 bits per heavy atom. The largest absolute Gasteiger partial charge is 0.424 e. The number of aromatic nitrogens is 12. The number of hydrogen-bond acceptors (Lipinski definition) is 31. The third-order valence-electron chi connectivity index (χ3n) is 20.3. The second-order valence-corrected chi connectivity index (χ2v) is 31.2. The van der Waals surface area contributed by atoms with Gasteiger partial charge < -0.3 is 56.8 Å². The van der Waals surface area contributed by atoms with E-state index in [9.17, 15) is 33.6 Å². The third-order valence-corrected chi connectivity index (χ3v) is 20.3. The summed E-state index contributed by atoms with van der Waals surface area (Å²) >= 11 is 0. The first-order chi connectivity index (χ1) is 69.2. The third kappa shape index (κ3) is 29.2. The molecule has 18 rings (SSSR count). The van der Waals surface area contributed by atoms with Crippen LogP contribution in [0.15, 0.2) is 358 Å². The van der Waals surface area contributed by atoms with Crippen LogP contribution >= 0.6 is 0 Å². The number of hydrogen-bond donors (Lipinski definition) is 0. The van der Waals surface area contributed by atoms with Crippen molar-refractivity contribution in [3.8, 4) is 163 Å². The molecular weight excluding hydrogens is 1820 g/mol. The lowest BCUT2D eigenvalue weighted by atomic mass is 10.1. The minimum Gasteiger partial charge on any atom is -0.424 e. The second-order valence-electron chi connectivity index (χ2n) is 31.2. The molecule has 0 fully saturated rings. The molecule has 0 atom stereocenters. The summed E-state index contributed by atoms with van der Waals surface area (Å²) in [6.45, 7) is 14.4. The van der Waals surface area contributed by atoms with E-state index in [2.05, 4.69) is 59.8 Å². The number of aryl methyl sites for hydroxylation is 2. The van der Waals surface area contributed by atoms with Gasteiger partial charge in [0.05, 0.1) is 0 Å². The Morgan fingerprint density at radius 3 is 0.392 bits per heavy atom. The van der Waals surface area contributed by atoms with Gasteiger partial charge in [-0.25, -0.2) is 0 Å². The number of para-hydroxylation sites is 1. The summed E-state index contributed by atoms with van der Waals surface area (Å²) < 4.78 is 69.7. The van der Waals surface area contributed by atoms with E-state index in [0.717, 1.165) is 33.4 Å². The van der Waals surface area contributed by atoms with Crippen LogP contribution in [0.2, 0.25) is 0 Å². The number of carbonyl (C=O) groups excluding carboxylic acids is 7. The predicted molar refractivity (Wildman–Crippen MR) is 528 cm³/mol. The Kier molecular flexibility index (Phi) is 32.4. The quantitative estimate of drug-likeness (QED) is 0.0345. The molecule has 708 valence electrons. The number of ether oxygens (including phenoxy) is 12. The van der Waals surface area contributed by atoms with Crippen molar-refractivity contribution < 1.29 is 90.4 Å². The van der Waals surface area contributed by atoms with Crippen molar-refractivity contribution in [1.82, 2.24) is 59.8 Å². The highest BCUT2D eigenvalue weighted by Gasteiger charge is 2.21. The van der Waals surface area contributed by atoms with Gasteiger partial charge >= 0.3 is 72.1 Å². The number of Topliss-reactive ketones (excluding diaryl/α,β-unsaturated/α-hetero) is 7. The van der Waals surface area contributed by atoms with E-state index in [-0.39, 0.29) is 113 Å². The fourth-order valence-corrected chi connectivity index (χ4v) is 12.8. The number of ketones is 7. The molecule has 0 spiro atoms. The lowest BCUT2D eigenvalue weighted by Crippen LogP contribution is -2.02. The van der Waals surface area contributed by atoms with Crippen molar-refractivity contribution in [2.45, 2.75) is 62.3 Å². The summed E-state index contributed by atoms with van der Waals surface area (Å²) in [7, 11) is 0. The van der Waals surface area contributed by atoms with Gasteiger partial charge in [0, 0.05) is 38.9 Å². The molecule has 143 heavy (non-hydrogen) atoms. The molecule has 0 aliphatic carbocycles. The van der Waals surface area contributed by atoms with Crippen molar-refractivity contribution >= 4 is 40.5 Å². The average molecular weight is 1900 g/mol. The van der Waals surface area contributed by atoms with E-state index in [1.54, 1.807) is 182 Å². The monoisotopic (exact) mass is 1900 g/mol. The summed E-state index contributed by atoms with van der Waals surface area (Å²) in [4.78, 5) is 132. The molecule has 0 aliphatic rings. The Morgan fingerprint density at radius 2 is 0.252 bits per heavy atom. The highest BCUT2D eigenvalue weighted by atomic mass is 16.6. The molecule has 14 aromatic carbocycles. The van der Waals surface area contributed by atoms with E-state index >= 15 is 0 Å². The summed E-state index contributed by atoms with van der Waals surface area (Å²) in [6, 6.07) is 105. The van der Waals surface area contributed by atoms with Crippen molar-refractivity contribution in [3.05, 3.63) is 408 Å². The van der Waals surface area contributed by atoms with Gasteiger partial charge in [0.15, 0.2) is 40.5 Å². The van der Waals surface area contributed by atoms with Gasteiger partial charge in [-0.15, -0.1) is 59.8 Å². The minimum atomic E-state index is -0.105. The molecular formula is C112H86N12O19. The predicted octanol–water partition coefficient (Wildman–Crippen LogP) is 26.4. The van der Waals surface area contributed by atoms with Gasteiger partial charge in [-0.3, -0.25) is 33.6 Å². The van der Waals surface area contributed by atoms with E-state index in [0.29, 0.717) is 108 Å². The smallest absolute Gasteiger partial charge is 0.331 e. The van der Waals surface area contributed by atoms with Crippen LogP contribution in [-0.4, -0.2) is 100 Å². The van der Waals surface area contributed by atoms with Crippen molar-refractivity contribution in [3.63, 3.8) is 0 Å². The van der Waals surface area contributed by atoms with Crippen LogP contribution in [0.5, 0.6) is 141 Å². The summed E-state index contributed by atoms with van der Waals surface area (Å²) in [5.41, 5.74) is 10.4. The molecule has 0 radical (unpaired) electrons. The summed E-state index contributed by atoms with van der Waals surface area (Å²) in [5.74, 6) is 5.29. The molecule has 0 amide bonds. The Balaban J connectivity index is 0.000000144. The fraction of sp³-hybridized carbons (Fsp3) is 0.0804. The zero-order valence-corrected chi connectivity index (χ0v) is 78.2. The summed E-state index contributed by atoms with van der Waals surface area (Å²) in [5, 5.41) is 0. The van der Waals surface area contributed by atoms with E-state index in [1.165, 1.54) is 48.5 Å². The highest BCUT2D eigenvalue weighted by Crippen LogP contribution is 2.36. The molecule has 4 heterocycles. The molecule has 0 bridgehead atoms. The number of nitrogens with zero attached hydrogens (tertiary/aromatic N) is 12. The maximum atomic E-state index is 11.6. The Hall–Kier alpha value is -19.6. The van der Waals surface area contributed by atoms with Crippen LogP contribution in [0.3, 0.4) is 0 Å². The van der Waals surface area contributed by atoms with Gasteiger partial charge in [0.25, 0.3) is 0 Å². The average Bonchev–Trinajstić information content (AvgIpc) is 0.835. The molecule has 0 unspecified atom stereocenters. The van der Waals surface area contributed by atoms with Gasteiger partial charge in [0.1, 0.15) is 69.0 Å². The minimum absolute atomic E-state index is 0.000187. The van der Waals surface area contributed by atoms with Crippen LogP contribution in [0.25, 0.3) is 22.3 Å². The zero-order chi connectivity index (χ0) is 100. The summed E-state index contributed by atoms with van der Waals surface area (Å²) in [6.07, 6.45) is 0. The lowest BCUT2D eigenvalue weighted by molar-refractivity contribution is 0.100. The van der Waals surface area contributed by atoms with Crippen LogP contribution in [0, 0.1) is 13.8 Å². The first-order valence-electron chi connectivity index (χ1n) is 44.2. The molecule has 31 heteroatoms. The normalized spacial score (nSPS) is 10.5. The van der Waals surface area contributed by atoms with Crippen LogP contribution < -0.4 is 56.8 Å². The van der Waals surface area contributed by atoms with Crippen molar-refractivity contribution in [1.29, 1.82) is 0 Å². The maximum Gasteiger partial charge on any atom is 0.331 e. The molecule has 4 aromatic heterocycles. The maximum absolute atomic E-state index is 11.6. The molecule has 0 saturated carbocycles. The van der Waals surface area contributed by atoms with Crippen LogP contribution in [0.4, 0.5) is 0 Å². The molecule has 31 nitrogen and oxygen atoms in total. The topological polar surface area (TPSA) is 385 Å². The SMILES string of the molecule is CC(=O)c1ccc(Oc2nc(Oc3ccc(-c4ccccc4)cc3)nc(Oc3ccc(-c4ccccc4)cc3)n2)cc1.CC(=O)c1ccc(Oc2nc(Oc3ccc(C(C)=O)cc3)nc(Oc3ccc(C(C)=O)cc3)n2)cc1.CC(=O)c1ccc(Oc2nc(Oc3ccc(C)cc3)nc(Oc3ccc(C)cc3)n2)cc1.CC(=O)c1ccc(Oc2nc(Oc3ccccc3)nc(Oc3ccc(C(C)=O)cc3)n2)cc1. The number of rotatable bonds is 33. The highest BCUT2D eigenvalue weighted by molar-refractivity contribution is 5.97.